The van der Waals surface area contributed by atoms with Crippen molar-refractivity contribution in [2.75, 3.05) is 58.0 Å². The number of rotatable bonds is 5. The number of pyridine rings is 1. The molecule has 0 unspecified atom stereocenters. The van der Waals surface area contributed by atoms with Crippen LogP contribution in [0, 0.1) is 0 Å². The van der Waals surface area contributed by atoms with E-state index < -0.39 is 5.69 Å². The number of nitrogens with one attached hydrogen (secondary N) is 1. The molecule has 1 fully saturated rings. The molecule has 1 aliphatic heterocycles. The van der Waals surface area contributed by atoms with Crippen LogP contribution in [0.2, 0.25) is 0 Å². The topological polar surface area (TPSA) is 119 Å². The van der Waals surface area contributed by atoms with Gasteiger partial charge in [0, 0.05) is 38.4 Å². The van der Waals surface area contributed by atoms with Crippen molar-refractivity contribution in [3.63, 3.8) is 0 Å². The molecule has 1 aliphatic rings. The zero-order valence-electron chi connectivity index (χ0n) is 20.6. The average molecular weight is 484 g/mol. The smallest absolute Gasteiger partial charge is 0.348 e. The zero-order valence-corrected chi connectivity index (χ0v) is 20.6. The van der Waals surface area contributed by atoms with E-state index in [9.17, 15) is 4.79 Å². The van der Waals surface area contributed by atoms with Crippen LogP contribution in [0.1, 0.15) is 0 Å². The Bertz CT molecular complexity index is 1450. The quantitative estimate of drug-likeness (QED) is 0.417. The first-order valence-electron chi connectivity index (χ1n) is 11.8. The van der Waals surface area contributed by atoms with Gasteiger partial charge in [0.05, 0.1) is 29.9 Å². The molecule has 0 bridgehead atoms. The van der Waals surface area contributed by atoms with E-state index in [2.05, 4.69) is 37.2 Å². The predicted molar refractivity (Wildman–Crippen MR) is 143 cm³/mol. The molecule has 10 heteroatoms. The highest BCUT2D eigenvalue weighted by Gasteiger charge is 2.15. The lowest BCUT2D eigenvalue weighted by atomic mass is 9.99. The number of hydrogen-bond acceptors (Lipinski definition) is 8. The maximum absolute atomic E-state index is 12.1. The van der Waals surface area contributed by atoms with Crippen LogP contribution in [0.4, 0.5) is 17.2 Å². The summed E-state index contributed by atoms with van der Waals surface area (Å²) in [6.07, 6.45) is 0. The summed E-state index contributed by atoms with van der Waals surface area (Å²) in [5.74, 6) is 0.246. The largest absolute Gasteiger partial charge is 0.385 e. The lowest BCUT2D eigenvalue weighted by Crippen LogP contribution is -2.41. The van der Waals surface area contributed by atoms with E-state index in [4.69, 9.17) is 5.73 Å². The molecule has 10 nitrogen and oxygen atoms in total. The highest BCUT2D eigenvalue weighted by Crippen LogP contribution is 2.34. The third-order valence-corrected chi connectivity index (χ3v) is 6.34. The first-order valence-corrected chi connectivity index (χ1v) is 11.8. The molecule has 0 radical (unpaired) electrons. The Labute approximate surface area is 209 Å². The minimum absolute atomic E-state index is 0.246. The highest BCUT2D eigenvalue weighted by atomic mass is 16.1. The van der Waals surface area contributed by atoms with Gasteiger partial charge in [-0.3, -0.25) is 9.99 Å². The van der Waals surface area contributed by atoms with Gasteiger partial charge in [0.2, 0.25) is 0 Å². The first kappa shape index (κ1) is 23.4. The van der Waals surface area contributed by atoms with Crippen LogP contribution in [0.3, 0.4) is 0 Å². The Morgan fingerprint density at radius 1 is 0.944 bits per heavy atom. The van der Waals surface area contributed by atoms with Crippen molar-refractivity contribution in [3.05, 3.63) is 65.1 Å². The maximum atomic E-state index is 12.1. The highest BCUT2D eigenvalue weighted by molar-refractivity contribution is 6.01. The van der Waals surface area contributed by atoms with Crippen LogP contribution in [0.5, 0.6) is 0 Å². The van der Waals surface area contributed by atoms with Gasteiger partial charge in [-0.25, -0.2) is 9.78 Å². The molecule has 0 atom stereocenters. The Kier molecular flexibility index (Phi) is 6.34. The van der Waals surface area contributed by atoms with E-state index in [0.29, 0.717) is 16.7 Å². The van der Waals surface area contributed by atoms with E-state index in [1.54, 1.807) is 0 Å². The summed E-state index contributed by atoms with van der Waals surface area (Å²) in [6.45, 7) is 3.69. The van der Waals surface area contributed by atoms with Gasteiger partial charge in [-0.05, 0) is 48.5 Å². The van der Waals surface area contributed by atoms with Crippen molar-refractivity contribution in [1.82, 2.24) is 24.9 Å². The number of fused-ring (bicyclic) bond motifs is 1. The number of nitrogens with two attached hydrogens (primary N) is 1. The minimum Gasteiger partial charge on any atom is -0.385 e. The summed E-state index contributed by atoms with van der Waals surface area (Å²) in [5.41, 5.74) is 11.2. The normalized spacial score (nSPS) is 14.6. The Morgan fingerprint density at radius 3 is 2.28 bits per heavy atom. The lowest BCUT2D eigenvalue weighted by molar-refractivity contribution is 0.150. The van der Waals surface area contributed by atoms with Gasteiger partial charge >= 0.3 is 5.69 Å². The molecule has 0 saturated carbocycles. The van der Waals surface area contributed by atoms with Gasteiger partial charge < -0.3 is 15.5 Å². The fraction of sp³-hybridized carbons (Fsp3) is 0.269. The van der Waals surface area contributed by atoms with Crippen LogP contribution in [0.25, 0.3) is 33.4 Å². The first-order chi connectivity index (χ1) is 17.4. The minimum atomic E-state index is -0.529. The Balaban J connectivity index is 1.51. The zero-order chi connectivity index (χ0) is 25.2. The molecule has 0 amide bonds. The summed E-state index contributed by atoms with van der Waals surface area (Å²) in [5, 5.41) is 11.4. The lowest BCUT2D eigenvalue weighted by Gasteiger charge is -2.29. The second kappa shape index (κ2) is 9.74. The van der Waals surface area contributed by atoms with Crippen LogP contribution in [-0.4, -0.2) is 72.2 Å². The van der Waals surface area contributed by atoms with Crippen molar-refractivity contribution < 1.29 is 0 Å². The number of nitrogen functional groups attached to an aromatic ring is 1. The van der Waals surface area contributed by atoms with Crippen molar-refractivity contribution in [3.8, 4) is 22.4 Å². The molecular weight excluding hydrogens is 454 g/mol. The number of aromatic nitrogens is 3. The van der Waals surface area contributed by atoms with Crippen molar-refractivity contribution in [2.24, 2.45) is 10.3 Å². The summed E-state index contributed by atoms with van der Waals surface area (Å²) in [4.78, 5) is 27.7. The van der Waals surface area contributed by atoms with Crippen molar-refractivity contribution in [2.45, 2.75) is 0 Å². The number of H-pyrrole nitrogens is 1. The molecule has 4 aromatic rings. The summed E-state index contributed by atoms with van der Waals surface area (Å²) >= 11 is 0. The molecule has 3 N–H and O–H groups in total. The summed E-state index contributed by atoms with van der Waals surface area (Å²) in [7, 11) is 6.10. The van der Waals surface area contributed by atoms with E-state index in [-0.39, 0.29) is 5.82 Å². The van der Waals surface area contributed by atoms with Gasteiger partial charge in [0.1, 0.15) is 5.82 Å². The third kappa shape index (κ3) is 4.89. The predicted octanol–water partition coefficient (Wildman–Crippen LogP) is 3.55. The molecule has 3 heterocycles. The molecule has 36 heavy (non-hydrogen) atoms. The molecule has 184 valence electrons. The molecule has 0 aliphatic carbocycles. The number of likely N-dealkylation sites (N-methyl/N-ethyl adjacent to an activating group) is 1. The van der Waals surface area contributed by atoms with Crippen LogP contribution >= 0.6 is 0 Å². The number of anilines is 2. The third-order valence-electron chi connectivity index (χ3n) is 6.34. The van der Waals surface area contributed by atoms with Crippen molar-refractivity contribution >= 4 is 28.2 Å². The van der Waals surface area contributed by atoms with Gasteiger partial charge in [0.25, 0.3) is 0 Å². The molecule has 1 saturated heterocycles. The number of piperazine rings is 1. The van der Waals surface area contributed by atoms with Gasteiger partial charge in [-0.15, -0.1) is 5.11 Å². The van der Waals surface area contributed by atoms with Gasteiger partial charge in [-0.1, -0.05) is 29.5 Å². The van der Waals surface area contributed by atoms with Crippen LogP contribution in [-0.2, 0) is 0 Å². The second-order valence-electron chi connectivity index (χ2n) is 9.14. The van der Waals surface area contributed by atoms with E-state index in [0.717, 1.165) is 54.2 Å². The second-order valence-corrected chi connectivity index (χ2v) is 9.14. The fourth-order valence-corrected chi connectivity index (χ4v) is 4.19. The number of aromatic amines is 1. The SMILES string of the molecule is CN1CCN(N=Nc2ccc(-c3cc(-c4ccc(N(C)C)cc4)c4c(N)[nH]c(=O)nc4n3)cc2)CC1. The van der Waals surface area contributed by atoms with Gasteiger partial charge in [0.15, 0.2) is 5.65 Å². The summed E-state index contributed by atoms with van der Waals surface area (Å²) < 4.78 is 0. The molecular formula is C26H29N9O. The van der Waals surface area contributed by atoms with Crippen LogP contribution < -0.4 is 16.3 Å². The molecule has 0 spiro atoms. The average Bonchev–Trinajstić information content (AvgIpc) is 2.88. The number of hydrogen-bond donors (Lipinski definition) is 2. The fourth-order valence-electron chi connectivity index (χ4n) is 4.19. The number of benzene rings is 2. The molecule has 2 aromatic carbocycles. The van der Waals surface area contributed by atoms with E-state index in [1.807, 2.05) is 78.6 Å². The van der Waals surface area contributed by atoms with Crippen LogP contribution in [0.15, 0.2) is 69.7 Å². The van der Waals surface area contributed by atoms with E-state index in [1.165, 1.54) is 0 Å². The standard InChI is InChI=1S/C26H29N9O/c1-33(2)20-10-6-17(7-11-20)21-16-22(28-25-23(21)24(27)29-26(36)30-25)18-4-8-19(9-5-18)31-32-35-14-12-34(3)13-15-35/h4-11,16H,12-15H2,1-3H3,(H3,27,28,29,30,36). The molecule has 5 rings (SSSR count). The maximum Gasteiger partial charge on any atom is 0.348 e. The monoisotopic (exact) mass is 483 g/mol. The summed E-state index contributed by atoms with van der Waals surface area (Å²) in [6, 6.07) is 17.8. The number of nitrogens with zero attached hydrogens (tertiary/aromatic N) is 7. The van der Waals surface area contributed by atoms with Crippen molar-refractivity contribution in [1.29, 1.82) is 0 Å². The Morgan fingerprint density at radius 2 is 1.61 bits per heavy atom. The van der Waals surface area contributed by atoms with E-state index >= 15 is 0 Å². The Hall–Kier alpha value is -4.31. The van der Waals surface area contributed by atoms with Gasteiger partial charge in [-0.2, -0.15) is 4.98 Å². The molecule has 2 aromatic heterocycles.